The Balaban J connectivity index is 0.00000225. The molecule has 0 amide bonds. The SMILES string of the molecule is Cl.NC(Cc1c[nH]c2ccccc12)C(=O)CCc1cc(Cl)cc(Cl)c1. The zero-order valence-electron chi connectivity index (χ0n) is 13.5. The van der Waals surface area contributed by atoms with E-state index in [1.54, 1.807) is 6.07 Å². The molecule has 0 saturated carbocycles. The minimum Gasteiger partial charge on any atom is -0.361 e. The van der Waals surface area contributed by atoms with Crippen molar-refractivity contribution in [3.8, 4) is 0 Å². The highest BCUT2D eigenvalue weighted by Gasteiger charge is 2.16. The molecule has 0 aliphatic carbocycles. The van der Waals surface area contributed by atoms with E-state index in [-0.39, 0.29) is 18.2 Å². The summed E-state index contributed by atoms with van der Waals surface area (Å²) in [5, 5.41) is 2.27. The van der Waals surface area contributed by atoms with Crippen LogP contribution < -0.4 is 5.73 Å². The van der Waals surface area contributed by atoms with Crippen molar-refractivity contribution in [3.05, 3.63) is 69.8 Å². The highest BCUT2D eigenvalue weighted by molar-refractivity contribution is 6.34. The molecule has 0 fully saturated rings. The first kappa shape index (κ1) is 19.8. The molecule has 1 unspecified atom stereocenters. The lowest BCUT2D eigenvalue weighted by molar-refractivity contribution is -0.120. The van der Waals surface area contributed by atoms with Crippen molar-refractivity contribution in [2.45, 2.75) is 25.3 Å². The normalized spacial score (nSPS) is 12.0. The van der Waals surface area contributed by atoms with Gasteiger partial charge < -0.3 is 10.7 Å². The maximum Gasteiger partial charge on any atom is 0.150 e. The number of hydrogen-bond acceptors (Lipinski definition) is 2. The maximum atomic E-state index is 12.3. The Morgan fingerprint density at radius 2 is 1.80 bits per heavy atom. The number of nitrogens with two attached hydrogens (primary N) is 1. The molecule has 3 N–H and O–H groups in total. The lowest BCUT2D eigenvalue weighted by atomic mass is 9.98. The van der Waals surface area contributed by atoms with Crippen molar-refractivity contribution in [2.75, 3.05) is 0 Å². The van der Waals surface area contributed by atoms with E-state index in [1.165, 1.54) is 0 Å². The van der Waals surface area contributed by atoms with E-state index in [9.17, 15) is 4.79 Å². The number of H-pyrrole nitrogens is 1. The van der Waals surface area contributed by atoms with Crippen LogP contribution in [0.4, 0.5) is 0 Å². The van der Waals surface area contributed by atoms with Gasteiger partial charge in [0.25, 0.3) is 0 Å². The number of fused-ring (bicyclic) bond motifs is 1. The van der Waals surface area contributed by atoms with Gasteiger partial charge in [-0.2, -0.15) is 0 Å². The van der Waals surface area contributed by atoms with Crippen molar-refractivity contribution in [2.24, 2.45) is 5.73 Å². The number of ketones is 1. The number of rotatable bonds is 6. The molecule has 0 saturated heterocycles. The lowest BCUT2D eigenvalue weighted by Crippen LogP contribution is -2.32. The van der Waals surface area contributed by atoms with E-state index < -0.39 is 6.04 Å². The predicted octanol–water partition coefficient (Wildman–Crippen LogP) is 4.97. The van der Waals surface area contributed by atoms with E-state index in [2.05, 4.69) is 4.98 Å². The molecule has 25 heavy (non-hydrogen) atoms. The first-order valence-corrected chi connectivity index (χ1v) is 8.57. The highest BCUT2D eigenvalue weighted by atomic mass is 35.5. The third-order valence-electron chi connectivity index (χ3n) is 4.11. The average Bonchev–Trinajstić information content (AvgIpc) is 2.95. The van der Waals surface area contributed by atoms with Crippen molar-refractivity contribution in [1.82, 2.24) is 4.98 Å². The Morgan fingerprint density at radius 3 is 2.52 bits per heavy atom. The smallest absolute Gasteiger partial charge is 0.150 e. The molecule has 1 atom stereocenters. The van der Waals surface area contributed by atoms with Gasteiger partial charge in [-0.3, -0.25) is 4.79 Å². The number of Topliss-reactive ketones (excluding diaryl/α,β-unsaturated/α-hetero) is 1. The molecule has 132 valence electrons. The number of nitrogens with one attached hydrogen (secondary N) is 1. The van der Waals surface area contributed by atoms with Gasteiger partial charge in [-0.05, 0) is 48.2 Å². The average molecular weight is 398 g/mol. The molecule has 3 nitrogen and oxygen atoms in total. The van der Waals surface area contributed by atoms with E-state index in [0.717, 1.165) is 22.0 Å². The van der Waals surface area contributed by atoms with Gasteiger partial charge in [0, 0.05) is 33.6 Å². The van der Waals surface area contributed by atoms with Crippen molar-refractivity contribution < 1.29 is 4.79 Å². The Bertz CT molecular complexity index is 856. The van der Waals surface area contributed by atoms with Gasteiger partial charge in [0.05, 0.1) is 6.04 Å². The molecule has 0 aliphatic rings. The van der Waals surface area contributed by atoms with Crippen LogP contribution in [-0.2, 0) is 17.6 Å². The Kier molecular flexibility index (Phi) is 6.91. The summed E-state index contributed by atoms with van der Waals surface area (Å²) in [4.78, 5) is 15.6. The second-order valence-corrected chi connectivity index (χ2v) is 6.79. The van der Waals surface area contributed by atoms with Gasteiger partial charge in [-0.1, -0.05) is 41.4 Å². The number of para-hydroxylation sites is 1. The quantitative estimate of drug-likeness (QED) is 0.617. The van der Waals surface area contributed by atoms with Crippen molar-refractivity contribution in [1.29, 1.82) is 0 Å². The van der Waals surface area contributed by atoms with Crippen LogP contribution in [0, 0.1) is 0 Å². The number of carbonyl (C=O) groups is 1. The standard InChI is InChI=1S/C19H18Cl2N2O.ClH/c20-14-7-12(8-15(21)10-14)5-6-19(24)17(22)9-13-11-23-18-4-2-1-3-16(13)18;/h1-4,7-8,10-11,17,23H,5-6,9,22H2;1H. The van der Waals surface area contributed by atoms with Gasteiger partial charge in [-0.15, -0.1) is 12.4 Å². The molecule has 6 heteroatoms. The summed E-state index contributed by atoms with van der Waals surface area (Å²) in [6.07, 6.45) is 3.41. The number of aryl methyl sites for hydroxylation is 1. The zero-order chi connectivity index (χ0) is 17.1. The maximum absolute atomic E-state index is 12.3. The number of benzene rings is 2. The number of hydrogen-bond donors (Lipinski definition) is 2. The summed E-state index contributed by atoms with van der Waals surface area (Å²) >= 11 is 12.0. The Hall–Kier alpha value is -1.52. The predicted molar refractivity (Wildman–Crippen MR) is 107 cm³/mol. The second kappa shape index (κ2) is 8.72. The molecule has 0 spiro atoms. The first-order chi connectivity index (χ1) is 11.5. The minimum absolute atomic E-state index is 0. The van der Waals surface area contributed by atoms with Crippen LogP contribution in [0.25, 0.3) is 10.9 Å². The fourth-order valence-electron chi connectivity index (χ4n) is 2.86. The molecule has 1 aromatic heterocycles. The van der Waals surface area contributed by atoms with E-state index >= 15 is 0 Å². The van der Waals surface area contributed by atoms with Crippen LogP contribution in [0.5, 0.6) is 0 Å². The largest absolute Gasteiger partial charge is 0.361 e. The van der Waals surface area contributed by atoms with E-state index in [4.69, 9.17) is 28.9 Å². The summed E-state index contributed by atoms with van der Waals surface area (Å²) in [6, 6.07) is 12.8. The highest BCUT2D eigenvalue weighted by Crippen LogP contribution is 2.21. The zero-order valence-corrected chi connectivity index (χ0v) is 15.8. The number of aromatic nitrogens is 1. The summed E-state index contributed by atoms with van der Waals surface area (Å²) in [5.74, 6) is 0.0383. The second-order valence-electron chi connectivity index (χ2n) is 5.91. The van der Waals surface area contributed by atoms with Crippen LogP contribution in [0.15, 0.2) is 48.7 Å². The molecule has 1 heterocycles. The number of carbonyl (C=O) groups excluding carboxylic acids is 1. The fraction of sp³-hybridized carbons (Fsp3) is 0.211. The number of aromatic amines is 1. The van der Waals surface area contributed by atoms with Crippen LogP contribution in [0.3, 0.4) is 0 Å². The van der Waals surface area contributed by atoms with Gasteiger partial charge >= 0.3 is 0 Å². The molecule has 3 aromatic rings. The number of halogens is 3. The molecule has 3 rings (SSSR count). The topological polar surface area (TPSA) is 58.9 Å². The summed E-state index contributed by atoms with van der Waals surface area (Å²) in [6.45, 7) is 0. The van der Waals surface area contributed by atoms with Crippen molar-refractivity contribution >= 4 is 52.3 Å². The van der Waals surface area contributed by atoms with Crippen LogP contribution in [0.1, 0.15) is 17.5 Å². The summed E-state index contributed by atoms with van der Waals surface area (Å²) < 4.78 is 0. The van der Waals surface area contributed by atoms with Crippen LogP contribution in [-0.4, -0.2) is 16.8 Å². The molecule has 0 bridgehead atoms. The van der Waals surface area contributed by atoms with Gasteiger partial charge in [-0.25, -0.2) is 0 Å². The third kappa shape index (κ3) is 4.99. The van der Waals surface area contributed by atoms with E-state index in [1.807, 2.05) is 42.6 Å². The van der Waals surface area contributed by atoms with Gasteiger partial charge in [0.1, 0.15) is 5.78 Å². The molecular formula is C19H19Cl3N2O. The van der Waals surface area contributed by atoms with Gasteiger partial charge in [0.2, 0.25) is 0 Å². The van der Waals surface area contributed by atoms with Crippen LogP contribution >= 0.6 is 35.6 Å². The first-order valence-electron chi connectivity index (χ1n) is 7.81. The Labute approximate surface area is 162 Å². The van der Waals surface area contributed by atoms with Crippen molar-refractivity contribution in [3.63, 3.8) is 0 Å². The summed E-state index contributed by atoms with van der Waals surface area (Å²) in [7, 11) is 0. The molecule has 2 aromatic carbocycles. The molecular weight excluding hydrogens is 379 g/mol. The third-order valence-corrected chi connectivity index (χ3v) is 4.55. The fourth-order valence-corrected chi connectivity index (χ4v) is 3.43. The Morgan fingerprint density at radius 1 is 1.12 bits per heavy atom. The molecule has 0 radical (unpaired) electrons. The van der Waals surface area contributed by atoms with Crippen LogP contribution in [0.2, 0.25) is 10.0 Å². The lowest BCUT2D eigenvalue weighted by Gasteiger charge is -2.10. The molecule has 0 aliphatic heterocycles. The van der Waals surface area contributed by atoms with Gasteiger partial charge in [0.15, 0.2) is 0 Å². The summed E-state index contributed by atoms with van der Waals surface area (Å²) in [5.41, 5.74) is 9.18. The monoisotopic (exact) mass is 396 g/mol. The van der Waals surface area contributed by atoms with E-state index in [0.29, 0.717) is 29.3 Å². The minimum atomic E-state index is -0.515.